The molecule has 0 spiro atoms. The van der Waals surface area contributed by atoms with Gasteiger partial charge in [0.1, 0.15) is 6.29 Å². The highest BCUT2D eigenvalue weighted by Crippen LogP contribution is 2.35. The monoisotopic (exact) mass is 253 g/mol. The van der Waals surface area contributed by atoms with Crippen LogP contribution in [0.4, 0.5) is 0 Å². The van der Waals surface area contributed by atoms with Crippen LogP contribution in [0.2, 0.25) is 0 Å². The van der Waals surface area contributed by atoms with Crippen LogP contribution in [0.25, 0.3) is 0 Å². The van der Waals surface area contributed by atoms with Crippen LogP contribution < -0.4 is 0 Å². The van der Waals surface area contributed by atoms with Gasteiger partial charge in [-0.15, -0.1) is 0 Å². The molecule has 0 aromatic carbocycles. The predicted molar refractivity (Wildman–Crippen MR) is 77.8 cm³/mol. The number of carbonyl (C=O) groups is 1. The lowest BCUT2D eigenvalue weighted by Gasteiger charge is -2.37. The van der Waals surface area contributed by atoms with E-state index in [0.29, 0.717) is 0 Å². The molecule has 0 heterocycles. The fraction of sp³-hybridized carbons (Fsp3) is 0.938. The number of aldehydes is 1. The smallest absolute Gasteiger partial charge is 0.127 e. The Morgan fingerprint density at radius 1 is 1.11 bits per heavy atom. The second-order valence-corrected chi connectivity index (χ2v) is 6.05. The summed E-state index contributed by atoms with van der Waals surface area (Å²) in [7, 11) is 0. The van der Waals surface area contributed by atoms with Crippen LogP contribution in [0.3, 0.4) is 0 Å². The summed E-state index contributed by atoms with van der Waals surface area (Å²) in [5.41, 5.74) is -0.0275. The lowest BCUT2D eigenvalue weighted by Crippen LogP contribution is -2.42. The van der Waals surface area contributed by atoms with Gasteiger partial charge in [-0.2, -0.15) is 0 Å². The average molecular weight is 253 g/mol. The Bertz CT molecular complexity index is 229. The maximum absolute atomic E-state index is 11.5. The van der Waals surface area contributed by atoms with Gasteiger partial charge in [0.15, 0.2) is 0 Å². The number of rotatable bonds is 8. The zero-order valence-electron chi connectivity index (χ0n) is 12.6. The van der Waals surface area contributed by atoms with E-state index in [9.17, 15) is 4.79 Å². The summed E-state index contributed by atoms with van der Waals surface area (Å²) in [5, 5.41) is 0. The van der Waals surface area contributed by atoms with Crippen LogP contribution in [-0.4, -0.2) is 30.8 Å². The molecule has 0 aliphatic heterocycles. The molecule has 2 nitrogen and oxygen atoms in total. The summed E-state index contributed by atoms with van der Waals surface area (Å²) in [4.78, 5) is 14.0. The first-order valence-electron chi connectivity index (χ1n) is 7.88. The summed E-state index contributed by atoms with van der Waals surface area (Å²) in [6.07, 6.45) is 9.77. The van der Waals surface area contributed by atoms with Crippen molar-refractivity contribution in [3.8, 4) is 0 Å². The summed E-state index contributed by atoms with van der Waals surface area (Å²) in [6.45, 7) is 10.0. The van der Waals surface area contributed by atoms with Crippen molar-refractivity contribution in [2.24, 2.45) is 11.3 Å². The van der Waals surface area contributed by atoms with Crippen molar-refractivity contribution in [2.45, 2.75) is 65.7 Å². The third-order valence-corrected chi connectivity index (χ3v) is 4.76. The molecule has 106 valence electrons. The van der Waals surface area contributed by atoms with Gasteiger partial charge >= 0.3 is 0 Å². The van der Waals surface area contributed by atoms with Crippen LogP contribution in [0.5, 0.6) is 0 Å². The highest BCUT2D eigenvalue weighted by atomic mass is 16.1. The first-order chi connectivity index (χ1) is 8.69. The Morgan fingerprint density at radius 2 is 1.72 bits per heavy atom. The molecule has 0 unspecified atom stereocenters. The summed E-state index contributed by atoms with van der Waals surface area (Å²) < 4.78 is 0. The van der Waals surface area contributed by atoms with Gasteiger partial charge in [-0.05, 0) is 25.3 Å². The Kier molecular flexibility index (Phi) is 6.91. The van der Waals surface area contributed by atoms with Gasteiger partial charge in [-0.3, -0.25) is 0 Å². The van der Waals surface area contributed by atoms with Gasteiger partial charge < -0.3 is 9.69 Å². The molecule has 0 N–H and O–H groups in total. The Balaban J connectivity index is 2.56. The van der Waals surface area contributed by atoms with Crippen molar-refractivity contribution in [1.82, 2.24) is 4.90 Å². The number of nitrogens with zero attached hydrogens (tertiary/aromatic N) is 1. The Morgan fingerprint density at radius 3 is 2.17 bits per heavy atom. The molecular weight excluding hydrogens is 222 g/mol. The minimum Gasteiger partial charge on any atom is -0.303 e. The molecule has 0 bridgehead atoms. The van der Waals surface area contributed by atoms with E-state index < -0.39 is 0 Å². The second kappa shape index (κ2) is 7.93. The van der Waals surface area contributed by atoms with Crippen molar-refractivity contribution >= 4 is 6.29 Å². The fourth-order valence-corrected chi connectivity index (χ4v) is 3.23. The molecule has 0 aromatic heterocycles. The van der Waals surface area contributed by atoms with Gasteiger partial charge in [0.25, 0.3) is 0 Å². The molecule has 0 radical (unpaired) electrons. The molecule has 0 saturated heterocycles. The van der Waals surface area contributed by atoms with E-state index in [-0.39, 0.29) is 5.41 Å². The van der Waals surface area contributed by atoms with Crippen molar-refractivity contribution in [3.63, 3.8) is 0 Å². The first kappa shape index (κ1) is 15.7. The highest BCUT2D eigenvalue weighted by molar-refractivity contribution is 5.60. The SMILES string of the molecule is CCC(CC)CN(CC)CC1(C=O)CCCCC1. The predicted octanol–water partition coefficient (Wildman–Crippen LogP) is 3.89. The number of carbonyl (C=O) groups excluding carboxylic acids is 1. The molecule has 1 aliphatic rings. The second-order valence-electron chi connectivity index (χ2n) is 6.05. The van der Waals surface area contributed by atoms with E-state index in [1.165, 1.54) is 44.9 Å². The maximum atomic E-state index is 11.5. The Labute approximate surface area is 113 Å². The van der Waals surface area contributed by atoms with Crippen LogP contribution >= 0.6 is 0 Å². The summed E-state index contributed by atoms with van der Waals surface area (Å²) >= 11 is 0. The standard InChI is InChI=1S/C16H31NO/c1-4-15(5-2)12-17(6-3)13-16(14-18)10-8-7-9-11-16/h14-15H,4-13H2,1-3H3. The van der Waals surface area contributed by atoms with Crippen molar-refractivity contribution in [1.29, 1.82) is 0 Å². The van der Waals surface area contributed by atoms with Crippen LogP contribution in [0.15, 0.2) is 0 Å². The Hall–Kier alpha value is -0.370. The number of hydrogen-bond acceptors (Lipinski definition) is 2. The third kappa shape index (κ3) is 4.38. The van der Waals surface area contributed by atoms with Gasteiger partial charge in [-0.1, -0.05) is 52.9 Å². The maximum Gasteiger partial charge on any atom is 0.127 e. The van der Waals surface area contributed by atoms with Crippen molar-refractivity contribution in [3.05, 3.63) is 0 Å². The van der Waals surface area contributed by atoms with E-state index in [1.807, 2.05) is 0 Å². The zero-order valence-corrected chi connectivity index (χ0v) is 12.6. The van der Waals surface area contributed by atoms with E-state index in [2.05, 4.69) is 25.7 Å². The van der Waals surface area contributed by atoms with Gasteiger partial charge in [0.05, 0.1) is 0 Å². The minimum atomic E-state index is -0.0275. The fourth-order valence-electron chi connectivity index (χ4n) is 3.23. The summed E-state index contributed by atoms with van der Waals surface area (Å²) in [5.74, 6) is 0.789. The normalized spacial score (nSPS) is 19.4. The van der Waals surface area contributed by atoms with Crippen LogP contribution in [0.1, 0.15) is 65.7 Å². The summed E-state index contributed by atoms with van der Waals surface area (Å²) in [6, 6.07) is 0. The van der Waals surface area contributed by atoms with Crippen LogP contribution in [-0.2, 0) is 4.79 Å². The quantitative estimate of drug-likeness (QED) is 0.612. The average Bonchev–Trinajstić information content (AvgIpc) is 2.44. The largest absolute Gasteiger partial charge is 0.303 e. The minimum absolute atomic E-state index is 0.0275. The molecule has 1 fully saturated rings. The first-order valence-corrected chi connectivity index (χ1v) is 7.88. The lowest BCUT2D eigenvalue weighted by molar-refractivity contribution is -0.119. The van der Waals surface area contributed by atoms with Gasteiger partial charge in [0.2, 0.25) is 0 Å². The highest BCUT2D eigenvalue weighted by Gasteiger charge is 2.33. The third-order valence-electron chi connectivity index (χ3n) is 4.76. The zero-order chi connectivity index (χ0) is 13.4. The van der Waals surface area contributed by atoms with E-state index in [4.69, 9.17) is 0 Å². The molecule has 0 amide bonds. The topological polar surface area (TPSA) is 20.3 Å². The molecule has 1 rings (SSSR count). The molecule has 18 heavy (non-hydrogen) atoms. The molecular formula is C16H31NO. The van der Waals surface area contributed by atoms with Crippen molar-refractivity contribution in [2.75, 3.05) is 19.6 Å². The van der Waals surface area contributed by atoms with Gasteiger partial charge in [-0.25, -0.2) is 0 Å². The van der Waals surface area contributed by atoms with Crippen molar-refractivity contribution < 1.29 is 4.79 Å². The van der Waals surface area contributed by atoms with Gasteiger partial charge in [0, 0.05) is 18.5 Å². The number of hydrogen-bond donors (Lipinski definition) is 0. The molecule has 1 aliphatic carbocycles. The van der Waals surface area contributed by atoms with E-state index in [0.717, 1.165) is 31.8 Å². The molecule has 0 aromatic rings. The molecule has 2 heteroatoms. The molecule has 1 saturated carbocycles. The lowest BCUT2D eigenvalue weighted by atomic mass is 9.74. The van der Waals surface area contributed by atoms with E-state index >= 15 is 0 Å². The molecule has 0 atom stereocenters. The van der Waals surface area contributed by atoms with E-state index in [1.54, 1.807) is 0 Å². The van der Waals surface area contributed by atoms with Crippen LogP contribution in [0, 0.1) is 11.3 Å².